The summed E-state index contributed by atoms with van der Waals surface area (Å²) in [6.07, 6.45) is 4.44. The van der Waals surface area contributed by atoms with E-state index >= 15 is 0 Å². The summed E-state index contributed by atoms with van der Waals surface area (Å²) in [4.78, 5) is 29.3. The van der Waals surface area contributed by atoms with Crippen molar-refractivity contribution in [3.05, 3.63) is 95.6 Å². The molecule has 3 aromatic rings. The van der Waals surface area contributed by atoms with Gasteiger partial charge in [-0.2, -0.15) is 0 Å². The van der Waals surface area contributed by atoms with Gasteiger partial charge in [-0.05, 0) is 68.5 Å². The molecule has 7 nitrogen and oxygen atoms in total. The van der Waals surface area contributed by atoms with Crippen LogP contribution in [0.5, 0.6) is 0 Å². The van der Waals surface area contributed by atoms with Gasteiger partial charge in [0.15, 0.2) is 0 Å². The summed E-state index contributed by atoms with van der Waals surface area (Å²) >= 11 is 0. The van der Waals surface area contributed by atoms with Crippen molar-refractivity contribution in [1.82, 2.24) is 10.2 Å². The molecule has 0 spiro atoms. The van der Waals surface area contributed by atoms with Crippen LogP contribution < -0.4 is 9.62 Å². The maximum Gasteiger partial charge on any atom is 0.264 e. The molecule has 8 heteroatoms. The van der Waals surface area contributed by atoms with E-state index in [2.05, 4.69) is 5.32 Å². The minimum Gasteiger partial charge on any atom is -0.352 e. The average molecular weight is 562 g/mol. The van der Waals surface area contributed by atoms with Crippen LogP contribution in [0.15, 0.2) is 83.8 Å². The van der Waals surface area contributed by atoms with Gasteiger partial charge in [0, 0.05) is 12.6 Å². The third-order valence-electron chi connectivity index (χ3n) is 7.46. The Balaban J connectivity index is 1.70. The zero-order valence-electron chi connectivity index (χ0n) is 23.5. The summed E-state index contributed by atoms with van der Waals surface area (Å²) in [7, 11) is -4.06. The Bertz CT molecular complexity index is 1400. The van der Waals surface area contributed by atoms with E-state index in [9.17, 15) is 18.0 Å². The molecule has 1 saturated carbocycles. The molecule has 0 radical (unpaired) electrons. The third-order valence-corrected chi connectivity index (χ3v) is 9.25. The minimum atomic E-state index is -4.06. The predicted molar refractivity (Wildman–Crippen MR) is 158 cm³/mol. The lowest BCUT2D eigenvalue weighted by molar-refractivity contribution is -0.140. The van der Waals surface area contributed by atoms with Crippen LogP contribution in [0.4, 0.5) is 5.69 Å². The highest BCUT2D eigenvalue weighted by Crippen LogP contribution is 2.26. The number of amides is 2. The second-order valence-corrected chi connectivity index (χ2v) is 12.4. The number of benzene rings is 3. The number of carbonyl (C=O) groups excluding carboxylic acids is 2. The molecule has 1 unspecified atom stereocenters. The van der Waals surface area contributed by atoms with Crippen LogP contribution in [-0.4, -0.2) is 43.8 Å². The molecule has 0 aromatic heterocycles. The lowest BCUT2D eigenvalue weighted by Gasteiger charge is -2.34. The Morgan fingerprint density at radius 2 is 1.57 bits per heavy atom. The Hall–Kier alpha value is -3.65. The van der Waals surface area contributed by atoms with Crippen molar-refractivity contribution in [2.24, 2.45) is 0 Å². The van der Waals surface area contributed by atoms with E-state index in [-0.39, 0.29) is 23.4 Å². The Kier molecular flexibility index (Phi) is 9.63. The molecule has 2 amide bonds. The van der Waals surface area contributed by atoms with E-state index < -0.39 is 28.5 Å². The van der Waals surface area contributed by atoms with Crippen molar-refractivity contribution in [1.29, 1.82) is 0 Å². The minimum absolute atomic E-state index is 0.0976. The Labute approximate surface area is 238 Å². The van der Waals surface area contributed by atoms with Gasteiger partial charge in [-0.25, -0.2) is 8.42 Å². The number of rotatable bonds is 11. The summed E-state index contributed by atoms with van der Waals surface area (Å²) in [5.41, 5.74) is 3.24. The van der Waals surface area contributed by atoms with Crippen molar-refractivity contribution in [3.63, 3.8) is 0 Å². The van der Waals surface area contributed by atoms with Crippen molar-refractivity contribution in [2.75, 3.05) is 10.8 Å². The molecule has 0 bridgehead atoms. The SMILES string of the molecule is CCC(C(=O)NC1CCCC1)N(Cc1ccc(C)cc1)C(=O)CN(c1cccc(C)c1)S(=O)(=O)c1ccccc1. The smallest absolute Gasteiger partial charge is 0.264 e. The topological polar surface area (TPSA) is 86.8 Å². The van der Waals surface area contributed by atoms with Gasteiger partial charge < -0.3 is 10.2 Å². The van der Waals surface area contributed by atoms with Gasteiger partial charge in [-0.1, -0.05) is 79.9 Å². The lowest BCUT2D eigenvalue weighted by Crippen LogP contribution is -2.53. The number of hydrogen-bond acceptors (Lipinski definition) is 4. The van der Waals surface area contributed by atoms with Crippen LogP contribution in [0.25, 0.3) is 0 Å². The molecule has 0 aliphatic heterocycles. The number of anilines is 1. The van der Waals surface area contributed by atoms with Gasteiger partial charge in [-0.3, -0.25) is 13.9 Å². The lowest BCUT2D eigenvalue weighted by atomic mass is 10.1. The van der Waals surface area contributed by atoms with E-state index in [0.29, 0.717) is 12.1 Å². The molecule has 1 fully saturated rings. The van der Waals surface area contributed by atoms with E-state index in [1.54, 1.807) is 36.4 Å². The van der Waals surface area contributed by atoms with Gasteiger partial charge >= 0.3 is 0 Å². The van der Waals surface area contributed by atoms with Crippen molar-refractivity contribution in [2.45, 2.75) is 76.4 Å². The number of aryl methyl sites for hydroxylation is 2. The maximum absolute atomic E-state index is 14.1. The van der Waals surface area contributed by atoms with Gasteiger partial charge in [0.25, 0.3) is 10.0 Å². The number of carbonyl (C=O) groups is 2. The first kappa shape index (κ1) is 29.3. The number of nitrogens with zero attached hydrogens (tertiary/aromatic N) is 2. The van der Waals surface area contributed by atoms with E-state index in [1.165, 1.54) is 17.0 Å². The summed E-state index contributed by atoms with van der Waals surface area (Å²) in [6, 6.07) is 22.4. The van der Waals surface area contributed by atoms with Crippen molar-refractivity contribution < 1.29 is 18.0 Å². The molecule has 4 rings (SSSR count). The summed E-state index contributed by atoms with van der Waals surface area (Å²) in [6.45, 7) is 5.52. The molecule has 0 saturated heterocycles. The number of sulfonamides is 1. The molecule has 1 atom stereocenters. The third kappa shape index (κ3) is 7.10. The largest absolute Gasteiger partial charge is 0.352 e. The summed E-state index contributed by atoms with van der Waals surface area (Å²) < 4.78 is 28.9. The quantitative estimate of drug-likeness (QED) is 0.341. The van der Waals surface area contributed by atoms with Gasteiger partial charge in [-0.15, -0.1) is 0 Å². The van der Waals surface area contributed by atoms with Crippen molar-refractivity contribution >= 4 is 27.5 Å². The van der Waals surface area contributed by atoms with Gasteiger partial charge in [0.2, 0.25) is 11.8 Å². The van der Waals surface area contributed by atoms with Crippen LogP contribution in [-0.2, 0) is 26.2 Å². The maximum atomic E-state index is 14.1. The molecule has 0 heterocycles. The number of hydrogen-bond donors (Lipinski definition) is 1. The fraction of sp³-hybridized carbons (Fsp3) is 0.375. The van der Waals surface area contributed by atoms with Crippen LogP contribution in [0, 0.1) is 13.8 Å². The van der Waals surface area contributed by atoms with Crippen LogP contribution in [0.3, 0.4) is 0 Å². The van der Waals surface area contributed by atoms with E-state index in [4.69, 9.17) is 0 Å². The fourth-order valence-corrected chi connectivity index (χ4v) is 6.64. The highest BCUT2D eigenvalue weighted by Gasteiger charge is 2.34. The number of nitrogens with one attached hydrogen (secondary N) is 1. The van der Waals surface area contributed by atoms with Crippen LogP contribution >= 0.6 is 0 Å². The normalized spacial score (nSPS) is 14.5. The van der Waals surface area contributed by atoms with Gasteiger partial charge in [0.05, 0.1) is 10.6 Å². The highest BCUT2D eigenvalue weighted by atomic mass is 32.2. The summed E-state index contributed by atoms with van der Waals surface area (Å²) in [5, 5.41) is 3.14. The first-order valence-corrected chi connectivity index (χ1v) is 15.4. The van der Waals surface area contributed by atoms with Gasteiger partial charge in [0.1, 0.15) is 12.6 Å². The highest BCUT2D eigenvalue weighted by molar-refractivity contribution is 7.92. The van der Waals surface area contributed by atoms with E-state index in [0.717, 1.165) is 46.7 Å². The fourth-order valence-electron chi connectivity index (χ4n) is 5.21. The van der Waals surface area contributed by atoms with Crippen molar-refractivity contribution in [3.8, 4) is 0 Å². The van der Waals surface area contributed by atoms with Crippen LogP contribution in [0.2, 0.25) is 0 Å². The molecule has 3 aromatic carbocycles. The zero-order chi connectivity index (χ0) is 28.7. The molecule has 1 aliphatic carbocycles. The molecule has 212 valence electrons. The zero-order valence-corrected chi connectivity index (χ0v) is 24.4. The first-order chi connectivity index (χ1) is 19.2. The Morgan fingerprint density at radius 1 is 0.900 bits per heavy atom. The molecule has 1 N–H and O–H groups in total. The molecule has 1 aliphatic rings. The monoisotopic (exact) mass is 561 g/mol. The second-order valence-electron chi connectivity index (χ2n) is 10.6. The predicted octanol–water partition coefficient (Wildman–Crippen LogP) is 5.36. The Morgan fingerprint density at radius 3 is 2.20 bits per heavy atom. The average Bonchev–Trinajstić information content (AvgIpc) is 3.46. The standard InChI is InChI=1S/C32H39N3O4S/c1-4-30(32(37)33-27-12-8-9-13-27)34(22-26-19-17-24(2)18-20-26)31(36)23-35(28-14-10-11-25(3)21-28)40(38,39)29-15-6-5-7-16-29/h5-7,10-11,14-21,27,30H,4,8-9,12-13,22-23H2,1-3H3,(H,33,37). The first-order valence-electron chi connectivity index (χ1n) is 14.0. The molecular formula is C32H39N3O4S. The second kappa shape index (κ2) is 13.1. The molecule has 40 heavy (non-hydrogen) atoms. The van der Waals surface area contributed by atoms with E-state index in [1.807, 2.05) is 51.1 Å². The van der Waals surface area contributed by atoms with Crippen LogP contribution in [0.1, 0.15) is 55.7 Å². The molecular weight excluding hydrogens is 522 g/mol. The summed E-state index contributed by atoms with van der Waals surface area (Å²) in [5.74, 6) is -0.627.